The molecule has 1 aromatic carbocycles. The summed E-state index contributed by atoms with van der Waals surface area (Å²) >= 11 is 0. The van der Waals surface area contributed by atoms with E-state index in [9.17, 15) is 21.6 Å². The zero-order valence-electron chi connectivity index (χ0n) is 11.2. The summed E-state index contributed by atoms with van der Waals surface area (Å²) < 4.78 is 63.1. The number of hydrogen-bond acceptors (Lipinski definition) is 3. The minimum Gasteiger partial charge on any atom is -0.309 e. The molecule has 1 unspecified atom stereocenters. The molecule has 7 heteroatoms. The molecule has 0 radical (unpaired) electrons. The van der Waals surface area contributed by atoms with E-state index in [-0.39, 0.29) is 5.57 Å². The second-order valence-corrected chi connectivity index (χ2v) is 7.30. The van der Waals surface area contributed by atoms with E-state index >= 15 is 0 Å². The Bertz CT molecular complexity index is 705. The molecule has 1 atom stereocenters. The minimum atomic E-state index is -4.65. The van der Waals surface area contributed by atoms with Gasteiger partial charge in [-0.05, 0) is 17.2 Å². The molecule has 0 saturated carbocycles. The highest BCUT2D eigenvalue weighted by Gasteiger charge is 2.46. The zero-order valence-corrected chi connectivity index (χ0v) is 12.0. The first-order valence-electron chi connectivity index (χ1n) is 6.08. The Morgan fingerprint density at radius 1 is 1.19 bits per heavy atom. The summed E-state index contributed by atoms with van der Waals surface area (Å²) in [7, 11) is -3.87. The van der Waals surface area contributed by atoms with Gasteiger partial charge in [0.05, 0.1) is 0 Å². The van der Waals surface area contributed by atoms with E-state index in [1.165, 1.54) is 12.1 Å². The van der Waals surface area contributed by atoms with Crippen LogP contribution in [0.5, 0.6) is 0 Å². The van der Waals surface area contributed by atoms with E-state index in [0.717, 1.165) is 18.4 Å². The number of sulfone groups is 1. The predicted octanol–water partition coefficient (Wildman–Crippen LogP) is 2.66. The molecule has 0 saturated heterocycles. The third-order valence-corrected chi connectivity index (χ3v) is 5.09. The summed E-state index contributed by atoms with van der Waals surface area (Å²) in [5, 5.41) is 0. The molecule has 21 heavy (non-hydrogen) atoms. The Morgan fingerprint density at radius 3 is 2.24 bits per heavy atom. The van der Waals surface area contributed by atoms with Crippen LogP contribution in [0.2, 0.25) is 0 Å². The fourth-order valence-corrected chi connectivity index (χ4v) is 2.87. The summed E-state index contributed by atoms with van der Waals surface area (Å²) in [6.07, 6.45) is -2.34. The average molecular weight is 317 g/mol. The predicted molar refractivity (Wildman–Crippen MR) is 74.9 cm³/mol. The highest BCUT2D eigenvalue weighted by Crippen LogP contribution is 2.42. The lowest BCUT2D eigenvalue weighted by Gasteiger charge is -2.31. The van der Waals surface area contributed by atoms with Gasteiger partial charge in [0.2, 0.25) is 0 Å². The summed E-state index contributed by atoms with van der Waals surface area (Å²) in [6.45, 7) is 0. The van der Waals surface area contributed by atoms with Gasteiger partial charge in [0.25, 0.3) is 0 Å². The van der Waals surface area contributed by atoms with Crippen LogP contribution in [0.15, 0.2) is 48.1 Å². The molecule has 1 aromatic rings. The summed E-state index contributed by atoms with van der Waals surface area (Å²) in [4.78, 5) is -2.03. The van der Waals surface area contributed by atoms with Crippen molar-refractivity contribution in [2.75, 3.05) is 6.26 Å². The largest absolute Gasteiger partial charge is 0.413 e. The summed E-state index contributed by atoms with van der Waals surface area (Å²) in [6, 6.07) is 7.99. The maximum Gasteiger partial charge on any atom is 0.413 e. The number of benzene rings is 1. The van der Waals surface area contributed by atoms with Crippen molar-refractivity contribution in [1.82, 2.24) is 0 Å². The van der Waals surface area contributed by atoms with Gasteiger partial charge in [-0.1, -0.05) is 36.4 Å². The van der Waals surface area contributed by atoms with Crippen LogP contribution < -0.4 is 5.73 Å². The topological polar surface area (TPSA) is 60.2 Å². The van der Waals surface area contributed by atoms with Gasteiger partial charge in [-0.3, -0.25) is 0 Å². The zero-order chi connectivity index (χ0) is 15.9. The van der Waals surface area contributed by atoms with Gasteiger partial charge in [-0.25, -0.2) is 8.42 Å². The van der Waals surface area contributed by atoms with Crippen LogP contribution >= 0.6 is 0 Å². The van der Waals surface area contributed by atoms with Crippen LogP contribution in [-0.2, 0) is 9.84 Å². The highest BCUT2D eigenvalue weighted by atomic mass is 32.2. The number of halogens is 3. The first-order chi connectivity index (χ1) is 9.55. The Kier molecular flexibility index (Phi) is 3.75. The van der Waals surface area contributed by atoms with Crippen molar-refractivity contribution in [2.24, 2.45) is 5.73 Å². The van der Waals surface area contributed by atoms with E-state index in [2.05, 4.69) is 0 Å². The number of allylic oxidation sites excluding steroid dienone is 2. The van der Waals surface area contributed by atoms with Gasteiger partial charge in [0.1, 0.15) is 4.87 Å². The quantitative estimate of drug-likeness (QED) is 0.912. The van der Waals surface area contributed by atoms with Gasteiger partial charge in [-0.2, -0.15) is 13.2 Å². The Hall–Kier alpha value is -1.60. The highest BCUT2D eigenvalue weighted by molar-refractivity contribution is 7.92. The van der Waals surface area contributed by atoms with Crippen molar-refractivity contribution in [3.05, 3.63) is 53.6 Å². The maximum atomic E-state index is 13.3. The van der Waals surface area contributed by atoms with Crippen molar-refractivity contribution in [3.63, 3.8) is 0 Å². The standard InChI is InChI=1S/C14H14F3NO2S/c1-21(19,20)13(18)8-7-11(10-5-3-2-4-6-10)12(9-13)14(15,16)17/h2-8H,9,18H2,1H3. The molecular weight excluding hydrogens is 303 g/mol. The second-order valence-electron chi connectivity index (χ2n) is 4.99. The monoisotopic (exact) mass is 317 g/mol. The molecule has 0 amide bonds. The fourth-order valence-electron chi connectivity index (χ4n) is 2.15. The number of alkyl halides is 3. The van der Waals surface area contributed by atoms with Crippen molar-refractivity contribution >= 4 is 15.4 Å². The summed E-state index contributed by atoms with van der Waals surface area (Å²) in [5.74, 6) is 0. The van der Waals surface area contributed by atoms with Crippen LogP contribution in [0.1, 0.15) is 12.0 Å². The minimum absolute atomic E-state index is 0.0483. The Morgan fingerprint density at radius 2 is 1.76 bits per heavy atom. The summed E-state index contributed by atoms with van der Waals surface area (Å²) in [5.41, 5.74) is 5.05. The van der Waals surface area contributed by atoms with Crippen molar-refractivity contribution in [1.29, 1.82) is 0 Å². The molecule has 114 valence electrons. The lowest BCUT2D eigenvalue weighted by molar-refractivity contribution is -0.0940. The normalized spacial score (nSPS) is 23.5. The van der Waals surface area contributed by atoms with Crippen LogP contribution in [0, 0.1) is 0 Å². The third kappa shape index (κ3) is 3.03. The molecule has 0 heterocycles. The fraction of sp³-hybridized carbons (Fsp3) is 0.286. The van der Waals surface area contributed by atoms with E-state index in [4.69, 9.17) is 5.73 Å². The molecule has 2 N–H and O–H groups in total. The molecule has 2 rings (SSSR count). The molecule has 3 nitrogen and oxygen atoms in total. The van der Waals surface area contributed by atoms with Gasteiger partial charge in [0, 0.05) is 18.2 Å². The molecule has 0 aromatic heterocycles. The average Bonchev–Trinajstić information content (AvgIpc) is 2.37. The van der Waals surface area contributed by atoms with Gasteiger partial charge in [0.15, 0.2) is 9.84 Å². The third-order valence-electron chi connectivity index (χ3n) is 3.43. The van der Waals surface area contributed by atoms with Gasteiger partial charge < -0.3 is 5.73 Å². The SMILES string of the molecule is CS(=O)(=O)C1(N)C=CC(c2ccccc2)=C(C(F)(F)F)C1. The van der Waals surface area contributed by atoms with E-state index in [1.807, 2.05) is 0 Å². The first kappa shape index (κ1) is 15.8. The van der Waals surface area contributed by atoms with Crippen molar-refractivity contribution in [2.45, 2.75) is 17.5 Å². The van der Waals surface area contributed by atoms with Gasteiger partial charge in [-0.15, -0.1) is 0 Å². The van der Waals surface area contributed by atoms with E-state index in [1.54, 1.807) is 18.2 Å². The van der Waals surface area contributed by atoms with Crippen molar-refractivity contribution < 1.29 is 21.6 Å². The van der Waals surface area contributed by atoms with Crippen LogP contribution in [0.3, 0.4) is 0 Å². The van der Waals surface area contributed by atoms with Crippen LogP contribution in [0.4, 0.5) is 13.2 Å². The van der Waals surface area contributed by atoms with Crippen molar-refractivity contribution in [3.8, 4) is 0 Å². The molecule has 0 spiro atoms. The lowest BCUT2D eigenvalue weighted by Crippen LogP contribution is -2.48. The molecule has 0 fully saturated rings. The molecule has 0 aliphatic heterocycles. The molecular formula is C14H14F3NO2S. The number of hydrogen-bond donors (Lipinski definition) is 1. The van der Waals surface area contributed by atoms with E-state index < -0.39 is 32.9 Å². The molecule has 1 aliphatic carbocycles. The van der Waals surface area contributed by atoms with Gasteiger partial charge >= 0.3 is 6.18 Å². The number of nitrogens with two attached hydrogens (primary N) is 1. The lowest BCUT2D eigenvalue weighted by atomic mass is 9.89. The van der Waals surface area contributed by atoms with Crippen LogP contribution in [0.25, 0.3) is 5.57 Å². The first-order valence-corrected chi connectivity index (χ1v) is 7.97. The molecule has 1 aliphatic rings. The smallest absolute Gasteiger partial charge is 0.309 e. The second kappa shape index (κ2) is 4.99. The Labute approximate surface area is 120 Å². The maximum absolute atomic E-state index is 13.3. The molecule has 0 bridgehead atoms. The number of rotatable bonds is 2. The Balaban J connectivity index is 2.60. The van der Waals surface area contributed by atoms with E-state index in [0.29, 0.717) is 5.56 Å². The van der Waals surface area contributed by atoms with Crippen LogP contribution in [-0.4, -0.2) is 25.7 Å².